The van der Waals surface area contributed by atoms with E-state index in [0.717, 1.165) is 0 Å². The summed E-state index contributed by atoms with van der Waals surface area (Å²) in [6, 6.07) is 1.71. The second kappa shape index (κ2) is 5.68. The fourth-order valence-electron chi connectivity index (χ4n) is 1.69. The summed E-state index contributed by atoms with van der Waals surface area (Å²) < 4.78 is 5.09. The molecule has 0 saturated heterocycles. The lowest BCUT2D eigenvalue weighted by atomic mass is 10.0. The molecule has 0 spiro atoms. The number of hydrogen-bond donors (Lipinski definition) is 1. The summed E-state index contributed by atoms with van der Waals surface area (Å²) in [5.41, 5.74) is 0.610. The van der Waals surface area contributed by atoms with Gasteiger partial charge in [0, 0.05) is 6.20 Å². The van der Waals surface area contributed by atoms with Crippen molar-refractivity contribution in [1.82, 2.24) is 20.1 Å². The monoisotopic (exact) mass is 248 g/mol. The highest BCUT2D eigenvalue weighted by atomic mass is 16.5. The summed E-state index contributed by atoms with van der Waals surface area (Å²) >= 11 is 0. The van der Waals surface area contributed by atoms with E-state index in [1.807, 2.05) is 0 Å². The SMILES string of the molecule is CC(C)CC(O)Cc1nc(-c2ccncn2)no1. The Kier molecular flexibility index (Phi) is 3.99. The summed E-state index contributed by atoms with van der Waals surface area (Å²) in [4.78, 5) is 12.1. The molecular formula is C12H16N4O2. The molecule has 2 heterocycles. The van der Waals surface area contributed by atoms with Gasteiger partial charge in [-0.15, -0.1) is 0 Å². The van der Waals surface area contributed by atoms with E-state index in [-0.39, 0.29) is 0 Å². The zero-order valence-corrected chi connectivity index (χ0v) is 10.4. The molecule has 0 aliphatic heterocycles. The Morgan fingerprint density at radius 2 is 2.22 bits per heavy atom. The number of nitrogens with zero attached hydrogens (tertiary/aromatic N) is 4. The van der Waals surface area contributed by atoms with Crippen LogP contribution in [0.5, 0.6) is 0 Å². The molecule has 1 atom stereocenters. The van der Waals surface area contributed by atoms with Gasteiger partial charge in [-0.1, -0.05) is 19.0 Å². The Morgan fingerprint density at radius 1 is 1.39 bits per heavy atom. The standard InChI is InChI=1S/C12H16N4O2/c1-8(2)5-9(17)6-11-15-12(16-18-11)10-3-4-13-7-14-10/h3-4,7-9,17H,5-6H2,1-2H3. The van der Waals surface area contributed by atoms with E-state index in [1.165, 1.54) is 6.33 Å². The zero-order valence-electron chi connectivity index (χ0n) is 10.4. The fraction of sp³-hybridized carbons (Fsp3) is 0.500. The second-order valence-corrected chi connectivity index (χ2v) is 4.59. The molecule has 96 valence electrons. The number of rotatable bonds is 5. The Bertz CT molecular complexity index is 484. The number of hydrogen-bond acceptors (Lipinski definition) is 6. The van der Waals surface area contributed by atoms with Crippen molar-refractivity contribution < 1.29 is 9.63 Å². The average Bonchev–Trinajstić information content (AvgIpc) is 2.77. The quantitative estimate of drug-likeness (QED) is 0.862. The van der Waals surface area contributed by atoms with Crippen LogP contribution < -0.4 is 0 Å². The van der Waals surface area contributed by atoms with Crippen LogP contribution in [0.15, 0.2) is 23.1 Å². The van der Waals surface area contributed by atoms with Crippen LogP contribution in [0.25, 0.3) is 11.5 Å². The molecule has 0 aliphatic carbocycles. The van der Waals surface area contributed by atoms with Crippen LogP contribution in [0.4, 0.5) is 0 Å². The van der Waals surface area contributed by atoms with Crippen LogP contribution in [0.3, 0.4) is 0 Å². The highest BCUT2D eigenvalue weighted by Gasteiger charge is 2.14. The Balaban J connectivity index is 2.03. The van der Waals surface area contributed by atoms with E-state index in [0.29, 0.717) is 36.2 Å². The molecule has 0 amide bonds. The molecular weight excluding hydrogens is 232 g/mol. The van der Waals surface area contributed by atoms with Gasteiger partial charge < -0.3 is 9.63 Å². The van der Waals surface area contributed by atoms with E-state index >= 15 is 0 Å². The minimum absolute atomic E-state index is 0.371. The van der Waals surface area contributed by atoms with Crippen LogP contribution in [-0.2, 0) is 6.42 Å². The highest BCUT2D eigenvalue weighted by molar-refractivity contribution is 5.46. The van der Waals surface area contributed by atoms with Crippen molar-refractivity contribution in [3.63, 3.8) is 0 Å². The van der Waals surface area contributed by atoms with Crippen LogP contribution in [0, 0.1) is 5.92 Å². The van der Waals surface area contributed by atoms with Crippen molar-refractivity contribution in [3.8, 4) is 11.5 Å². The molecule has 0 radical (unpaired) electrons. The Hall–Kier alpha value is -1.82. The van der Waals surface area contributed by atoms with E-state index in [2.05, 4.69) is 34.0 Å². The van der Waals surface area contributed by atoms with Gasteiger partial charge in [-0.25, -0.2) is 9.97 Å². The van der Waals surface area contributed by atoms with E-state index < -0.39 is 6.10 Å². The predicted molar refractivity (Wildman–Crippen MR) is 64.5 cm³/mol. The topological polar surface area (TPSA) is 84.9 Å². The first kappa shape index (κ1) is 12.6. The molecule has 1 unspecified atom stereocenters. The fourth-order valence-corrected chi connectivity index (χ4v) is 1.69. The predicted octanol–water partition coefficient (Wildman–Crippen LogP) is 1.48. The van der Waals surface area contributed by atoms with Crippen molar-refractivity contribution in [3.05, 3.63) is 24.5 Å². The van der Waals surface area contributed by atoms with E-state index in [4.69, 9.17) is 4.52 Å². The first-order valence-corrected chi connectivity index (χ1v) is 5.92. The maximum atomic E-state index is 9.80. The third kappa shape index (κ3) is 3.33. The van der Waals surface area contributed by atoms with Crippen molar-refractivity contribution in [2.45, 2.75) is 32.8 Å². The van der Waals surface area contributed by atoms with Crippen LogP contribution >= 0.6 is 0 Å². The number of aromatic nitrogens is 4. The largest absolute Gasteiger partial charge is 0.393 e. The lowest BCUT2D eigenvalue weighted by Crippen LogP contribution is -2.13. The van der Waals surface area contributed by atoms with Gasteiger partial charge in [-0.05, 0) is 18.4 Å². The molecule has 0 aliphatic rings. The molecule has 18 heavy (non-hydrogen) atoms. The summed E-state index contributed by atoms with van der Waals surface area (Å²) in [6.07, 6.45) is 3.68. The number of aliphatic hydroxyl groups is 1. The van der Waals surface area contributed by atoms with Crippen LogP contribution in [-0.4, -0.2) is 31.3 Å². The first-order valence-electron chi connectivity index (χ1n) is 5.92. The molecule has 0 aromatic carbocycles. The van der Waals surface area contributed by atoms with Crippen molar-refractivity contribution in [2.75, 3.05) is 0 Å². The Morgan fingerprint density at radius 3 is 2.89 bits per heavy atom. The molecule has 2 rings (SSSR count). The van der Waals surface area contributed by atoms with Crippen LogP contribution in [0.2, 0.25) is 0 Å². The Labute approximate surface area is 105 Å². The first-order chi connectivity index (χ1) is 8.65. The maximum Gasteiger partial charge on any atom is 0.229 e. The molecule has 6 heteroatoms. The molecule has 6 nitrogen and oxygen atoms in total. The van der Waals surface area contributed by atoms with Gasteiger partial charge in [-0.3, -0.25) is 0 Å². The normalized spacial score (nSPS) is 12.9. The lowest BCUT2D eigenvalue weighted by molar-refractivity contribution is 0.138. The summed E-state index contributed by atoms with van der Waals surface area (Å²) in [6.45, 7) is 4.12. The third-order valence-corrected chi connectivity index (χ3v) is 2.43. The minimum Gasteiger partial charge on any atom is -0.393 e. The smallest absolute Gasteiger partial charge is 0.229 e. The number of aliphatic hydroxyl groups excluding tert-OH is 1. The third-order valence-electron chi connectivity index (χ3n) is 2.43. The molecule has 0 bridgehead atoms. The highest BCUT2D eigenvalue weighted by Crippen LogP contribution is 2.14. The summed E-state index contributed by atoms with van der Waals surface area (Å²) in [7, 11) is 0. The lowest BCUT2D eigenvalue weighted by Gasteiger charge is -2.09. The van der Waals surface area contributed by atoms with Crippen molar-refractivity contribution in [1.29, 1.82) is 0 Å². The molecule has 0 saturated carbocycles. The summed E-state index contributed by atoms with van der Waals surface area (Å²) in [5, 5.41) is 13.6. The molecule has 2 aromatic heterocycles. The van der Waals surface area contributed by atoms with Crippen molar-refractivity contribution in [2.24, 2.45) is 5.92 Å². The molecule has 0 fully saturated rings. The maximum absolute atomic E-state index is 9.80. The summed E-state index contributed by atoms with van der Waals surface area (Å²) in [5.74, 6) is 1.28. The van der Waals surface area contributed by atoms with E-state index in [1.54, 1.807) is 12.3 Å². The van der Waals surface area contributed by atoms with Gasteiger partial charge in [0.05, 0.1) is 12.5 Å². The van der Waals surface area contributed by atoms with E-state index in [9.17, 15) is 5.11 Å². The van der Waals surface area contributed by atoms with Gasteiger partial charge in [0.1, 0.15) is 12.0 Å². The molecule has 1 N–H and O–H groups in total. The van der Waals surface area contributed by atoms with Gasteiger partial charge >= 0.3 is 0 Å². The second-order valence-electron chi connectivity index (χ2n) is 4.59. The van der Waals surface area contributed by atoms with Gasteiger partial charge in [0.2, 0.25) is 11.7 Å². The van der Waals surface area contributed by atoms with Gasteiger partial charge in [-0.2, -0.15) is 4.98 Å². The van der Waals surface area contributed by atoms with Gasteiger partial charge in [0.25, 0.3) is 0 Å². The van der Waals surface area contributed by atoms with Crippen molar-refractivity contribution >= 4 is 0 Å². The minimum atomic E-state index is -0.455. The average molecular weight is 248 g/mol. The van der Waals surface area contributed by atoms with Gasteiger partial charge in [0.15, 0.2) is 0 Å². The van der Waals surface area contributed by atoms with Crippen LogP contribution in [0.1, 0.15) is 26.2 Å². The molecule has 2 aromatic rings. The zero-order chi connectivity index (χ0) is 13.0.